The molecule has 7 heteroatoms. The third-order valence-corrected chi connectivity index (χ3v) is 2.37. The molecule has 0 saturated carbocycles. The lowest BCUT2D eigenvalue weighted by Crippen LogP contribution is -2.20. The Morgan fingerprint density at radius 1 is 1.42 bits per heavy atom. The first-order valence-corrected chi connectivity index (χ1v) is 5.44. The number of ether oxygens (including phenoxy) is 2. The van der Waals surface area contributed by atoms with Crippen LogP contribution in [0.4, 0.5) is 8.78 Å². The summed E-state index contributed by atoms with van der Waals surface area (Å²) in [5, 5.41) is 0. The fourth-order valence-electron chi connectivity index (χ4n) is 1.55. The second-order valence-corrected chi connectivity index (χ2v) is 3.59. The van der Waals surface area contributed by atoms with Gasteiger partial charge in [-0.3, -0.25) is 4.79 Å². The number of carbonyl (C=O) groups is 1. The summed E-state index contributed by atoms with van der Waals surface area (Å²) in [6.07, 6.45) is -0.297. The van der Waals surface area contributed by atoms with Crippen LogP contribution in [0.25, 0.3) is 0 Å². The van der Waals surface area contributed by atoms with E-state index in [4.69, 9.17) is 10.5 Å². The Kier molecular flexibility index (Phi) is 7.33. The number of hydrogen-bond donors (Lipinski definition) is 1. The van der Waals surface area contributed by atoms with E-state index in [9.17, 15) is 13.6 Å². The van der Waals surface area contributed by atoms with Gasteiger partial charge in [0.05, 0.1) is 20.1 Å². The van der Waals surface area contributed by atoms with E-state index >= 15 is 0 Å². The maximum absolute atomic E-state index is 13.8. The third kappa shape index (κ3) is 4.33. The summed E-state index contributed by atoms with van der Waals surface area (Å²) in [7, 11) is 1.26. The van der Waals surface area contributed by atoms with Gasteiger partial charge >= 0.3 is 5.97 Å². The number of carbonyl (C=O) groups excluding carboxylic acids is 1. The molecule has 0 aliphatic carbocycles. The molecule has 1 rings (SSSR count). The molecule has 0 aliphatic rings. The van der Waals surface area contributed by atoms with Crippen molar-refractivity contribution in [3.8, 4) is 5.75 Å². The minimum Gasteiger partial charge on any atom is -0.494 e. The van der Waals surface area contributed by atoms with Crippen LogP contribution in [0.2, 0.25) is 0 Å². The minimum absolute atomic E-state index is 0. The Balaban J connectivity index is 0.00000324. The van der Waals surface area contributed by atoms with Gasteiger partial charge in [-0.25, -0.2) is 8.78 Å². The van der Waals surface area contributed by atoms with Crippen molar-refractivity contribution in [2.75, 3.05) is 13.7 Å². The van der Waals surface area contributed by atoms with Crippen molar-refractivity contribution in [1.29, 1.82) is 0 Å². The molecule has 1 atom stereocenters. The lowest BCUT2D eigenvalue weighted by atomic mass is 10.0. The molecule has 4 nitrogen and oxygen atoms in total. The van der Waals surface area contributed by atoms with Crippen LogP contribution in [0.5, 0.6) is 5.75 Å². The summed E-state index contributed by atoms with van der Waals surface area (Å²) in [5.41, 5.74) is 5.24. The van der Waals surface area contributed by atoms with Crippen molar-refractivity contribution < 1.29 is 23.0 Å². The van der Waals surface area contributed by atoms with E-state index in [1.165, 1.54) is 7.11 Å². The molecule has 0 unspecified atom stereocenters. The van der Waals surface area contributed by atoms with Crippen molar-refractivity contribution in [2.24, 2.45) is 5.73 Å². The highest BCUT2D eigenvalue weighted by molar-refractivity contribution is 5.85. The van der Waals surface area contributed by atoms with Gasteiger partial charge in [-0.05, 0) is 19.1 Å². The van der Waals surface area contributed by atoms with E-state index in [0.717, 1.165) is 12.1 Å². The van der Waals surface area contributed by atoms with Gasteiger partial charge in [0, 0.05) is 11.6 Å². The monoisotopic (exact) mass is 295 g/mol. The normalized spacial score (nSPS) is 11.4. The second-order valence-electron chi connectivity index (χ2n) is 3.59. The van der Waals surface area contributed by atoms with Gasteiger partial charge in [0.1, 0.15) is 5.82 Å². The standard InChI is InChI=1S/C12H15F2NO3.ClH/c1-3-18-10(16)6-8(15)11-7(13)4-5-9(17-2)12(11)14;/h4-5,8H,3,6,15H2,1-2H3;1H/t8-;/m1./s1. The lowest BCUT2D eigenvalue weighted by Gasteiger charge is -2.14. The topological polar surface area (TPSA) is 61.5 Å². The molecule has 0 aromatic heterocycles. The van der Waals surface area contributed by atoms with Crippen molar-refractivity contribution >= 4 is 18.4 Å². The predicted molar refractivity (Wildman–Crippen MR) is 68.3 cm³/mol. The molecule has 0 bridgehead atoms. The highest BCUT2D eigenvalue weighted by Crippen LogP contribution is 2.28. The minimum atomic E-state index is -1.11. The van der Waals surface area contributed by atoms with Crippen molar-refractivity contribution in [2.45, 2.75) is 19.4 Å². The SMILES string of the molecule is CCOC(=O)C[C@@H](N)c1c(F)ccc(OC)c1F.Cl. The highest BCUT2D eigenvalue weighted by atomic mass is 35.5. The molecule has 1 aromatic carbocycles. The molecular weight excluding hydrogens is 280 g/mol. The first-order valence-electron chi connectivity index (χ1n) is 5.44. The molecule has 0 heterocycles. The van der Waals surface area contributed by atoms with Crippen molar-refractivity contribution in [3.63, 3.8) is 0 Å². The first kappa shape index (κ1) is 17.6. The number of esters is 1. The van der Waals surface area contributed by atoms with Gasteiger partial charge in [-0.2, -0.15) is 0 Å². The maximum atomic E-state index is 13.8. The molecule has 1 aromatic rings. The number of hydrogen-bond acceptors (Lipinski definition) is 4. The first-order chi connectivity index (χ1) is 8.51. The van der Waals surface area contributed by atoms with Gasteiger partial charge in [-0.1, -0.05) is 0 Å². The smallest absolute Gasteiger partial charge is 0.307 e. The summed E-state index contributed by atoms with van der Waals surface area (Å²) in [5.74, 6) is -2.43. The van der Waals surface area contributed by atoms with Crippen LogP contribution in [0.1, 0.15) is 24.9 Å². The van der Waals surface area contributed by atoms with Crippen LogP contribution in [0.15, 0.2) is 12.1 Å². The Morgan fingerprint density at radius 2 is 2.05 bits per heavy atom. The fourth-order valence-corrected chi connectivity index (χ4v) is 1.55. The summed E-state index contributed by atoms with van der Waals surface area (Å²) < 4.78 is 36.8. The van der Waals surface area contributed by atoms with Gasteiger partial charge < -0.3 is 15.2 Å². The summed E-state index contributed by atoms with van der Waals surface area (Å²) in [6, 6.07) is 1.09. The Morgan fingerprint density at radius 3 is 2.58 bits per heavy atom. The van der Waals surface area contributed by atoms with E-state index in [-0.39, 0.29) is 36.7 Å². The molecule has 19 heavy (non-hydrogen) atoms. The van der Waals surface area contributed by atoms with E-state index < -0.39 is 23.6 Å². The van der Waals surface area contributed by atoms with Crippen LogP contribution in [0, 0.1) is 11.6 Å². The summed E-state index contributed by atoms with van der Waals surface area (Å²) >= 11 is 0. The van der Waals surface area contributed by atoms with E-state index in [0.29, 0.717) is 0 Å². The number of halogens is 3. The zero-order chi connectivity index (χ0) is 13.7. The predicted octanol–water partition coefficient (Wildman–Crippen LogP) is 2.35. The Labute approximate surface area is 116 Å². The van der Waals surface area contributed by atoms with Gasteiger partial charge in [0.2, 0.25) is 0 Å². The third-order valence-electron chi connectivity index (χ3n) is 2.37. The van der Waals surface area contributed by atoms with Gasteiger partial charge in [-0.15, -0.1) is 12.4 Å². The lowest BCUT2D eigenvalue weighted by molar-refractivity contribution is -0.143. The second kappa shape index (κ2) is 7.91. The molecule has 0 amide bonds. The van der Waals surface area contributed by atoms with Crippen molar-refractivity contribution in [1.82, 2.24) is 0 Å². The average Bonchev–Trinajstić information content (AvgIpc) is 2.29. The number of nitrogens with two attached hydrogens (primary N) is 1. The zero-order valence-corrected chi connectivity index (χ0v) is 11.4. The molecule has 108 valence electrons. The largest absolute Gasteiger partial charge is 0.494 e. The van der Waals surface area contributed by atoms with E-state index in [2.05, 4.69) is 4.74 Å². The van der Waals surface area contributed by atoms with Crippen LogP contribution < -0.4 is 10.5 Å². The van der Waals surface area contributed by atoms with Gasteiger partial charge in [0.25, 0.3) is 0 Å². The molecule has 0 aliphatic heterocycles. The maximum Gasteiger partial charge on any atom is 0.307 e. The Bertz CT molecular complexity index is 443. The molecule has 0 spiro atoms. The molecule has 0 radical (unpaired) electrons. The van der Waals surface area contributed by atoms with Gasteiger partial charge in [0.15, 0.2) is 11.6 Å². The zero-order valence-electron chi connectivity index (χ0n) is 10.6. The van der Waals surface area contributed by atoms with E-state index in [1.807, 2.05) is 0 Å². The number of methoxy groups -OCH3 is 1. The molecular formula is C12H16ClF2NO3. The number of benzene rings is 1. The molecule has 0 fully saturated rings. The van der Waals surface area contributed by atoms with Crippen LogP contribution >= 0.6 is 12.4 Å². The highest BCUT2D eigenvalue weighted by Gasteiger charge is 2.22. The summed E-state index contributed by atoms with van der Waals surface area (Å²) in [6.45, 7) is 1.82. The van der Waals surface area contributed by atoms with Crippen LogP contribution in [-0.2, 0) is 9.53 Å². The van der Waals surface area contributed by atoms with Crippen molar-refractivity contribution in [3.05, 3.63) is 29.3 Å². The summed E-state index contributed by atoms with van der Waals surface area (Å²) in [4.78, 5) is 11.2. The number of rotatable bonds is 5. The molecule has 2 N–H and O–H groups in total. The van der Waals surface area contributed by atoms with E-state index in [1.54, 1.807) is 6.92 Å². The molecule has 0 saturated heterocycles. The quantitative estimate of drug-likeness (QED) is 0.847. The Hall–Kier alpha value is -1.40. The van der Waals surface area contributed by atoms with Crippen LogP contribution in [0.3, 0.4) is 0 Å². The average molecular weight is 296 g/mol. The van der Waals surface area contributed by atoms with Crippen LogP contribution in [-0.4, -0.2) is 19.7 Å². The fraction of sp³-hybridized carbons (Fsp3) is 0.417.